The van der Waals surface area contributed by atoms with E-state index in [1.807, 2.05) is 11.0 Å². The minimum absolute atomic E-state index is 0.128. The van der Waals surface area contributed by atoms with Crippen molar-refractivity contribution in [2.75, 3.05) is 19.6 Å². The normalized spacial score (nSPS) is 22.1. The minimum Gasteiger partial charge on any atom is -0.338 e. The number of carbonyl (C=O) groups is 2. The summed E-state index contributed by atoms with van der Waals surface area (Å²) in [6, 6.07) is 11.2. The zero-order valence-corrected chi connectivity index (χ0v) is 16.1. The Morgan fingerprint density at radius 1 is 1.14 bits per heavy atom. The number of pyridine rings is 1. The highest BCUT2D eigenvalue weighted by Crippen LogP contribution is 2.40. The molecule has 6 nitrogen and oxygen atoms in total. The number of nitrogens with zero attached hydrogens (tertiary/aromatic N) is 2. The van der Waals surface area contributed by atoms with E-state index in [0.29, 0.717) is 31.6 Å². The summed E-state index contributed by atoms with van der Waals surface area (Å²) in [5.41, 5.74) is 2.08. The third-order valence-corrected chi connectivity index (χ3v) is 5.95. The topological polar surface area (TPSA) is 73.5 Å². The van der Waals surface area contributed by atoms with Gasteiger partial charge in [0.25, 0.3) is 5.91 Å². The summed E-state index contributed by atoms with van der Waals surface area (Å²) >= 11 is 0. The smallest absolute Gasteiger partial charge is 0.255 e. The van der Waals surface area contributed by atoms with Crippen molar-refractivity contribution in [3.63, 3.8) is 0 Å². The molecule has 2 fully saturated rings. The first kappa shape index (κ1) is 18.5. The first-order chi connectivity index (χ1) is 13.5. The monoisotopic (exact) mass is 379 g/mol. The summed E-state index contributed by atoms with van der Waals surface area (Å²) in [7, 11) is 0. The second kappa shape index (κ2) is 7.26. The lowest BCUT2D eigenvalue weighted by molar-refractivity contribution is -0.146. The summed E-state index contributed by atoms with van der Waals surface area (Å²) in [4.78, 5) is 43.6. The molecule has 0 saturated carbocycles. The van der Waals surface area contributed by atoms with Crippen molar-refractivity contribution in [1.82, 2.24) is 14.8 Å². The molecular formula is C22H25N3O3. The number of amides is 2. The maximum atomic E-state index is 13.3. The third kappa shape index (κ3) is 3.46. The molecule has 1 aromatic carbocycles. The Balaban J connectivity index is 1.48. The molecule has 2 saturated heterocycles. The van der Waals surface area contributed by atoms with E-state index >= 15 is 0 Å². The van der Waals surface area contributed by atoms with Gasteiger partial charge in [-0.05, 0) is 37.8 Å². The van der Waals surface area contributed by atoms with Gasteiger partial charge in [-0.15, -0.1) is 0 Å². The van der Waals surface area contributed by atoms with Gasteiger partial charge in [0.1, 0.15) is 0 Å². The van der Waals surface area contributed by atoms with Crippen molar-refractivity contribution >= 4 is 11.8 Å². The fraction of sp³-hybridized carbons (Fsp3) is 0.409. The summed E-state index contributed by atoms with van der Waals surface area (Å²) in [6.07, 6.45) is 3.93. The molecule has 2 aliphatic heterocycles. The van der Waals surface area contributed by atoms with E-state index in [1.54, 1.807) is 11.0 Å². The van der Waals surface area contributed by atoms with Gasteiger partial charge >= 0.3 is 0 Å². The zero-order valence-electron chi connectivity index (χ0n) is 16.1. The molecule has 28 heavy (non-hydrogen) atoms. The number of aromatic amines is 1. The van der Waals surface area contributed by atoms with E-state index in [4.69, 9.17) is 0 Å². The molecule has 1 atom stereocenters. The molecule has 0 unspecified atom stereocenters. The molecule has 0 aliphatic carbocycles. The van der Waals surface area contributed by atoms with Crippen molar-refractivity contribution in [3.8, 4) is 0 Å². The Morgan fingerprint density at radius 2 is 2.00 bits per heavy atom. The van der Waals surface area contributed by atoms with Gasteiger partial charge in [-0.25, -0.2) is 0 Å². The van der Waals surface area contributed by atoms with Crippen LogP contribution in [0.3, 0.4) is 0 Å². The highest BCUT2D eigenvalue weighted by Gasteiger charge is 2.49. The summed E-state index contributed by atoms with van der Waals surface area (Å²) in [5.74, 6) is 0.0359. The van der Waals surface area contributed by atoms with Crippen LogP contribution in [0, 0.1) is 12.3 Å². The molecular weight excluding hydrogens is 354 g/mol. The fourth-order valence-electron chi connectivity index (χ4n) is 4.48. The van der Waals surface area contributed by atoms with Crippen LogP contribution in [-0.2, 0) is 11.3 Å². The molecule has 146 valence electrons. The Morgan fingerprint density at radius 3 is 2.75 bits per heavy atom. The van der Waals surface area contributed by atoms with Crippen molar-refractivity contribution in [1.29, 1.82) is 0 Å². The number of hydrogen-bond acceptors (Lipinski definition) is 3. The maximum absolute atomic E-state index is 13.3. The number of rotatable bonds is 3. The molecule has 1 aromatic heterocycles. The summed E-state index contributed by atoms with van der Waals surface area (Å²) in [6.45, 7) is 4.47. The van der Waals surface area contributed by atoms with Gasteiger partial charge in [-0.2, -0.15) is 0 Å². The average molecular weight is 379 g/mol. The average Bonchev–Trinajstić information content (AvgIpc) is 3.11. The lowest BCUT2D eigenvalue weighted by Crippen LogP contribution is -2.50. The van der Waals surface area contributed by atoms with Crippen LogP contribution in [0.1, 0.15) is 40.7 Å². The molecule has 0 radical (unpaired) electrons. The second-order valence-electron chi connectivity index (χ2n) is 8.02. The lowest BCUT2D eigenvalue weighted by Gasteiger charge is -2.39. The van der Waals surface area contributed by atoms with Gasteiger partial charge in [-0.3, -0.25) is 14.4 Å². The molecule has 1 N–H and O–H groups in total. The van der Waals surface area contributed by atoms with E-state index in [9.17, 15) is 14.4 Å². The standard InChI is InChI=1S/C22H25N3O3/c1-16-4-2-5-17(12-16)14-24-10-3-8-22(21(24)28)9-11-25(15-22)20(27)18-6-7-19(26)23-13-18/h2,4-7,12-13H,3,8-11,14-15H2,1H3,(H,23,26)/t22-/m0/s1. The van der Waals surface area contributed by atoms with Crippen molar-refractivity contribution in [2.24, 2.45) is 5.41 Å². The van der Waals surface area contributed by atoms with E-state index in [2.05, 4.69) is 30.1 Å². The minimum atomic E-state index is -0.472. The number of benzene rings is 1. The SMILES string of the molecule is Cc1cccc(CN2CCC[C@@]3(CCN(C(=O)c4ccc(=O)[nH]c4)C3)C2=O)c1. The molecule has 4 rings (SSSR count). The van der Waals surface area contributed by atoms with Crippen LogP contribution in [0.5, 0.6) is 0 Å². The number of H-pyrrole nitrogens is 1. The largest absolute Gasteiger partial charge is 0.338 e. The second-order valence-corrected chi connectivity index (χ2v) is 8.02. The zero-order chi connectivity index (χ0) is 19.7. The van der Waals surface area contributed by atoms with E-state index in [1.165, 1.54) is 17.8 Å². The van der Waals surface area contributed by atoms with Gasteiger partial charge in [0.05, 0.1) is 11.0 Å². The molecule has 6 heteroatoms. The number of nitrogens with one attached hydrogen (secondary N) is 1. The Bertz CT molecular complexity index is 947. The Kier molecular flexibility index (Phi) is 4.79. The Hall–Kier alpha value is -2.89. The first-order valence-electron chi connectivity index (χ1n) is 9.80. The fourth-order valence-corrected chi connectivity index (χ4v) is 4.48. The summed E-state index contributed by atoms with van der Waals surface area (Å²) < 4.78 is 0. The first-order valence-corrected chi connectivity index (χ1v) is 9.80. The molecule has 1 spiro atoms. The number of likely N-dealkylation sites (tertiary alicyclic amines) is 2. The third-order valence-electron chi connectivity index (χ3n) is 5.95. The number of carbonyl (C=O) groups excluding carboxylic acids is 2. The number of hydrogen-bond donors (Lipinski definition) is 1. The van der Waals surface area contributed by atoms with Crippen LogP contribution in [-0.4, -0.2) is 46.2 Å². The highest BCUT2D eigenvalue weighted by atomic mass is 16.2. The van der Waals surface area contributed by atoms with E-state index in [-0.39, 0.29) is 17.4 Å². The quantitative estimate of drug-likeness (QED) is 0.890. The van der Waals surface area contributed by atoms with Gasteiger partial charge in [0, 0.05) is 38.4 Å². The summed E-state index contributed by atoms with van der Waals surface area (Å²) in [5, 5.41) is 0. The van der Waals surface area contributed by atoms with E-state index in [0.717, 1.165) is 24.9 Å². The molecule has 3 heterocycles. The van der Waals surface area contributed by atoms with Gasteiger partial charge in [0.2, 0.25) is 11.5 Å². The molecule has 2 aromatic rings. The predicted molar refractivity (Wildman–Crippen MR) is 106 cm³/mol. The van der Waals surface area contributed by atoms with Crippen LogP contribution in [0.4, 0.5) is 0 Å². The maximum Gasteiger partial charge on any atom is 0.255 e. The molecule has 2 amide bonds. The van der Waals surface area contributed by atoms with E-state index < -0.39 is 5.41 Å². The van der Waals surface area contributed by atoms with Crippen LogP contribution >= 0.6 is 0 Å². The van der Waals surface area contributed by atoms with Crippen molar-refractivity contribution in [2.45, 2.75) is 32.7 Å². The van der Waals surface area contributed by atoms with Gasteiger partial charge < -0.3 is 14.8 Å². The number of aryl methyl sites for hydroxylation is 1. The number of aromatic nitrogens is 1. The van der Waals surface area contributed by atoms with Crippen LogP contribution in [0.15, 0.2) is 47.4 Å². The number of piperidine rings is 1. The molecule has 2 aliphatic rings. The van der Waals surface area contributed by atoms with Crippen molar-refractivity contribution < 1.29 is 9.59 Å². The Labute approximate surface area is 164 Å². The predicted octanol–water partition coefficient (Wildman–Crippen LogP) is 2.34. The van der Waals surface area contributed by atoms with Crippen molar-refractivity contribution in [3.05, 3.63) is 69.6 Å². The van der Waals surface area contributed by atoms with Gasteiger partial charge in [0.15, 0.2) is 0 Å². The van der Waals surface area contributed by atoms with Crippen LogP contribution in [0.25, 0.3) is 0 Å². The lowest BCUT2D eigenvalue weighted by atomic mass is 9.78. The van der Waals surface area contributed by atoms with Gasteiger partial charge in [-0.1, -0.05) is 29.8 Å². The highest BCUT2D eigenvalue weighted by molar-refractivity contribution is 5.95. The molecule has 0 bridgehead atoms. The van der Waals surface area contributed by atoms with Crippen LogP contribution < -0.4 is 5.56 Å². The van der Waals surface area contributed by atoms with Crippen LogP contribution in [0.2, 0.25) is 0 Å².